The van der Waals surface area contributed by atoms with Gasteiger partial charge < -0.3 is 9.84 Å². The number of hydrogen-bond donors (Lipinski definition) is 1. The first-order chi connectivity index (χ1) is 7.13. The number of imidazole rings is 1. The average Bonchev–Trinajstić information content (AvgIpc) is 2.56. The van der Waals surface area contributed by atoms with Crippen molar-refractivity contribution in [3.8, 4) is 5.75 Å². The number of hydrogen-bond acceptors (Lipinski definition) is 3. The van der Waals surface area contributed by atoms with Gasteiger partial charge in [0.15, 0.2) is 11.4 Å². The molecule has 0 bridgehead atoms. The lowest BCUT2D eigenvalue weighted by Crippen LogP contribution is -2.04. The van der Waals surface area contributed by atoms with Crippen LogP contribution in [0.3, 0.4) is 0 Å². The molecule has 0 aliphatic heterocycles. The van der Waals surface area contributed by atoms with E-state index in [0.29, 0.717) is 11.4 Å². The summed E-state index contributed by atoms with van der Waals surface area (Å²) in [5, 5.41) is 8.97. The third kappa shape index (κ3) is 1.41. The summed E-state index contributed by atoms with van der Waals surface area (Å²) in [7, 11) is 1.53. The molecule has 2 heterocycles. The van der Waals surface area contributed by atoms with E-state index in [4.69, 9.17) is 9.84 Å². The topological polar surface area (TPSA) is 63.8 Å². The number of methoxy groups -OCH3 is 1. The Morgan fingerprint density at radius 2 is 2.27 bits per heavy atom. The molecule has 1 N–H and O–H groups in total. The van der Waals surface area contributed by atoms with Gasteiger partial charge >= 0.3 is 5.97 Å². The van der Waals surface area contributed by atoms with Gasteiger partial charge in [-0.05, 0) is 19.1 Å². The maximum absolute atomic E-state index is 10.9. The van der Waals surface area contributed by atoms with Gasteiger partial charge in [0, 0.05) is 6.20 Å². The Bertz CT molecular complexity index is 531. The molecule has 15 heavy (non-hydrogen) atoms. The largest absolute Gasteiger partial charge is 0.493 e. The van der Waals surface area contributed by atoms with Crippen molar-refractivity contribution in [2.75, 3.05) is 7.11 Å². The maximum atomic E-state index is 10.9. The molecule has 0 atom stereocenters. The first-order valence-corrected chi connectivity index (χ1v) is 4.39. The lowest BCUT2D eigenvalue weighted by atomic mass is 10.3. The van der Waals surface area contributed by atoms with E-state index in [-0.39, 0.29) is 5.69 Å². The second kappa shape index (κ2) is 3.27. The second-order valence-corrected chi connectivity index (χ2v) is 3.17. The van der Waals surface area contributed by atoms with Crippen molar-refractivity contribution >= 4 is 11.6 Å². The van der Waals surface area contributed by atoms with E-state index in [1.54, 1.807) is 19.2 Å². The van der Waals surface area contributed by atoms with Gasteiger partial charge in [-0.2, -0.15) is 0 Å². The zero-order chi connectivity index (χ0) is 11.0. The molecule has 2 rings (SSSR count). The second-order valence-electron chi connectivity index (χ2n) is 3.17. The molecule has 78 valence electrons. The van der Waals surface area contributed by atoms with E-state index in [2.05, 4.69) is 4.98 Å². The summed E-state index contributed by atoms with van der Waals surface area (Å²) in [5.74, 6) is -0.423. The Hall–Kier alpha value is -2.04. The van der Waals surface area contributed by atoms with Crippen LogP contribution in [0.25, 0.3) is 5.65 Å². The van der Waals surface area contributed by atoms with Crippen molar-refractivity contribution < 1.29 is 14.6 Å². The number of pyridine rings is 1. The summed E-state index contributed by atoms with van der Waals surface area (Å²) in [6, 6.07) is 3.10. The Morgan fingerprint density at radius 1 is 1.53 bits per heavy atom. The van der Waals surface area contributed by atoms with E-state index in [9.17, 15) is 4.79 Å². The van der Waals surface area contributed by atoms with Gasteiger partial charge in [0.1, 0.15) is 5.69 Å². The van der Waals surface area contributed by atoms with Crippen molar-refractivity contribution in [2.45, 2.75) is 6.92 Å². The van der Waals surface area contributed by atoms with Gasteiger partial charge in [-0.3, -0.25) is 4.40 Å². The predicted molar refractivity (Wildman–Crippen MR) is 53.4 cm³/mol. The van der Waals surface area contributed by atoms with Crippen LogP contribution in [0.5, 0.6) is 5.75 Å². The SMILES string of the molecule is COc1ccc(C(=O)O)n2cc(C)nc12. The molecule has 0 saturated carbocycles. The van der Waals surface area contributed by atoms with Crippen LogP contribution in [0.1, 0.15) is 16.2 Å². The number of aromatic nitrogens is 2. The minimum Gasteiger partial charge on any atom is -0.493 e. The molecule has 0 aliphatic carbocycles. The number of carbonyl (C=O) groups is 1. The first-order valence-electron chi connectivity index (χ1n) is 4.39. The molecule has 0 radical (unpaired) electrons. The van der Waals surface area contributed by atoms with Gasteiger partial charge in [-0.25, -0.2) is 9.78 Å². The Balaban J connectivity index is 2.82. The van der Waals surface area contributed by atoms with Crippen LogP contribution < -0.4 is 4.74 Å². The molecule has 5 nitrogen and oxygen atoms in total. The van der Waals surface area contributed by atoms with Crippen LogP contribution in [-0.4, -0.2) is 27.6 Å². The lowest BCUT2D eigenvalue weighted by Gasteiger charge is -2.04. The van der Waals surface area contributed by atoms with Crippen LogP contribution in [0.2, 0.25) is 0 Å². The van der Waals surface area contributed by atoms with Crippen LogP contribution >= 0.6 is 0 Å². The molecule has 2 aromatic heterocycles. The van der Waals surface area contributed by atoms with Gasteiger partial charge in [0.2, 0.25) is 0 Å². The van der Waals surface area contributed by atoms with Crippen LogP contribution in [0, 0.1) is 6.92 Å². The predicted octanol–water partition coefficient (Wildman–Crippen LogP) is 1.35. The van der Waals surface area contributed by atoms with Crippen LogP contribution in [-0.2, 0) is 0 Å². The normalized spacial score (nSPS) is 10.5. The molecule has 0 amide bonds. The minimum absolute atomic E-state index is 0.173. The Kier molecular flexibility index (Phi) is 2.07. The number of aryl methyl sites for hydroxylation is 1. The van der Waals surface area contributed by atoms with Crippen LogP contribution in [0.4, 0.5) is 0 Å². The molecule has 0 fully saturated rings. The van der Waals surface area contributed by atoms with E-state index < -0.39 is 5.97 Å². The highest BCUT2D eigenvalue weighted by molar-refractivity contribution is 5.87. The fraction of sp³-hybridized carbons (Fsp3) is 0.200. The molecule has 0 saturated heterocycles. The molecule has 5 heteroatoms. The van der Waals surface area contributed by atoms with E-state index in [1.807, 2.05) is 0 Å². The lowest BCUT2D eigenvalue weighted by molar-refractivity contribution is 0.0689. The van der Waals surface area contributed by atoms with Gasteiger partial charge in [-0.1, -0.05) is 0 Å². The third-order valence-corrected chi connectivity index (χ3v) is 2.14. The van der Waals surface area contributed by atoms with Crippen LogP contribution in [0.15, 0.2) is 18.3 Å². The number of rotatable bonds is 2. The summed E-state index contributed by atoms with van der Waals surface area (Å²) >= 11 is 0. The fourth-order valence-corrected chi connectivity index (χ4v) is 1.50. The number of nitrogens with zero attached hydrogens (tertiary/aromatic N) is 2. The van der Waals surface area contributed by atoms with E-state index in [0.717, 1.165) is 5.69 Å². The number of ether oxygens (including phenoxy) is 1. The highest BCUT2D eigenvalue weighted by atomic mass is 16.5. The summed E-state index contributed by atoms with van der Waals surface area (Å²) in [4.78, 5) is 15.1. The van der Waals surface area contributed by atoms with Gasteiger partial charge in [0.25, 0.3) is 0 Å². The standard InChI is InChI=1S/C10H10N2O3/c1-6-5-12-7(10(13)14)3-4-8(15-2)9(12)11-6/h3-5H,1-2H3,(H,13,14). The average molecular weight is 206 g/mol. The van der Waals surface area contributed by atoms with E-state index in [1.165, 1.54) is 17.6 Å². The van der Waals surface area contributed by atoms with Crippen molar-refractivity contribution in [1.82, 2.24) is 9.38 Å². The number of fused-ring (bicyclic) bond motifs is 1. The summed E-state index contributed by atoms with van der Waals surface area (Å²) in [6.45, 7) is 1.80. The third-order valence-electron chi connectivity index (χ3n) is 2.14. The Labute approximate surface area is 85.9 Å². The van der Waals surface area contributed by atoms with Crippen molar-refractivity contribution in [3.05, 3.63) is 29.7 Å². The number of carboxylic acid groups (broad SMARTS) is 1. The molecule has 0 unspecified atom stereocenters. The first kappa shape index (κ1) is 9.51. The molecule has 0 spiro atoms. The highest BCUT2D eigenvalue weighted by Crippen LogP contribution is 2.20. The molecule has 2 aromatic rings. The molecular weight excluding hydrogens is 196 g/mol. The summed E-state index contributed by atoms with van der Waals surface area (Å²) < 4.78 is 6.61. The summed E-state index contributed by atoms with van der Waals surface area (Å²) in [6.07, 6.45) is 1.67. The highest BCUT2D eigenvalue weighted by Gasteiger charge is 2.13. The maximum Gasteiger partial charge on any atom is 0.352 e. The van der Waals surface area contributed by atoms with Crippen molar-refractivity contribution in [1.29, 1.82) is 0 Å². The number of aromatic carboxylic acids is 1. The van der Waals surface area contributed by atoms with Gasteiger partial charge in [0.05, 0.1) is 12.8 Å². The molecule has 0 aromatic carbocycles. The van der Waals surface area contributed by atoms with E-state index >= 15 is 0 Å². The zero-order valence-corrected chi connectivity index (χ0v) is 8.39. The van der Waals surface area contributed by atoms with Crippen molar-refractivity contribution in [2.24, 2.45) is 0 Å². The molecular formula is C10H10N2O3. The van der Waals surface area contributed by atoms with Gasteiger partial charge in [-0.15, -0.1) is 0 Å². The fourth-order valence-electron chi connectivity index (χ4n) is 1.50. The molecule has 0 aliphatic rings. The Morgan fingerprint density at radius 3 is 2.87 bits per heavy atom. The quantitative estimate of drug-likeness (QED) is 0.805. The summed E-state index contributed by atoms with van der Waals surface area (Å²) in [5.41, 5.74) is 1.45. The zero-order valence-electron chi connectivity index (χ0n) is 8.39. The minimum atomic E-state index is -0.986. The smallest absolute Gasteiger partial charge is 0.352 e. The van der Waals surface area contributed by atoms with Crippen molar-refractivity contribution in [3.63, 3.8) is 0 Å². The monoisotopic (exact) mass is 206 g/mol. The number of carboxylic acids is 1.